The fraction of sp³-hybridized carbons (Fsp3) is 0. The number of carboxylic acid groups (broad SMARTS) is 4. The Balaban J connectivity index is 2.45. The Kier molecular flexibility index (Phi) is 5.17. The number of carboxylic acids is 4. The van der Waals surface area contributed by atoms with Gasteiger partial charge in [-0.25, -0.2) is 19.2 Å². The molecule has 8 nitrogen and oxygen atoms in total. The first-order valence-electron chi connectivity index (χ1n) is 7.09. The summed E-state index contributed by atoms with van der Waals surface area (Å²) in [6, 6.07) is 7.21. The quantitative estimate of drug-likeness (QED) is 0.577. The van der Waals surface area contributed by atoms with Gasteiger partial charge in [-0.1, -0.05) is 18.2 Å². The SMILES string of the molecule is O=C(O)c1cc(C=Cc2ccc(C(=O)O)c(C(=O)O)c2)cc(C(=O)O)c1. The Morgan fingerprint density at radius 2 is 1.08 bits per heavy atom. The molecule has 0 bridgehead atoms. The molecule has 0 heterocycles. The summed E-state index contributed by atoms with van der Waals surface area (Å²) in [7, 11) is 0. The van der Waals surface area contributed by atoms with Crippen LogP contribution in [-0.4, -0.2) is 44.3 Å². The highest BCUT2D eigenvalue weighted by Crippen LogP contribution is 2.17. The van der Waals surface area contributed by atoms with Gasteiger partial charge in [0, 0.05) is 0 Å². The van der Waals surface area contributed by atoms with Gasteiger partial charge in [0.1, 0.15) is 0 Å². The van der Waals surface area contributed by atoms with Crippen molar-refractivity contribution >= 4 is 36.0 Å². The van der Waals surface area contributed by atoms with Crippen molar-refractivity contribution in [2.75, 3.05) is 0 Å². The van der Waals surface area contributed by atoms with Crippen LogP contribution in [0.5, 0.6) is 0 Å². The maximum absolute atomic E-state index is 11.2. The smallest absolute Gasteiger partial charge is 0.336 e. The third kappa shape index (κ3) is 4.12. The Hall–Kier alpha value is -3.94. The van der Waals surface area contributed by atoms with Crippen LogP contribution in [0, 0.1) is 0 Å². The molecule has 0 atom stereocenters. The summed E-state index contributed by atoms with van der Waals surface area (Å²) >= 11 is 0. The van der Waals surface area contributed by atoms with Crippen molar-refractivity contribution in [3.8, 4) is 0 Å². The van der Waals surface area contributed by atoms with Crippen LogP contribution >= 0.6 is 0 Å². The minimum atomic E-state index is -1.40. The van der Waals surface area contributed by atoms with E-state index in [2.05, 4.69) is 0 Å². The van der Waals surface area contributed by atoms with E-state index in [9.17, 15) is 19.2 Å². The Bertz CT molecular complexity index is 923. The van der Waals surface area contributed by atoms with Crippen LogP contribution in [0.2, 0.25) is 0 Å². The van der Waals surface area contributed by atoms with Gasteiger partial charge >= 0.3 is 23.9 Å². The topological polar surface area (TPSA) is 149 Å². The summed E-state index contributed by atoms with van der Waals surface area (Å²) in [5, 5.41) is 36.2. The van der Waals surface area contributed by atoms with Crippen molar-refractivity contribution < 1.29 is 39.6 Å². The van der Waals surface area contributed by atoms with E-state index >= 15 is 0 Å². The van der Waals surface area contributed by atoms with Crippen molar-refractivity contribution in [3.63, 3.8) is 0 Å². The molecule has 0 saturated heterocycles. The third-order valence-electron chi connectivity index (χ3n) is 3.42. The lowest BCUT2D eigenvalue weighted by molar-refractivity contribution is 0.0651. The highest BCUT2D eigenvalue weighted by molar-refractivity contribution is 6.02. The molecule has 0 aliphatic carbocycles. The van der Waals surface area contributed by atoms with E-state index in [0.717, 1.165) is 18.2 Å². The van der Waals surface area contributed by atoms with E-state index in [1.54, 1.807) is 0 Å². The largest absolute Gasteiger partial charge is 0.478 e. The Morgan fingerprint density at radius 1 is 0.577 bits per heavy atom. The Morgan fingerprint density at radius 3 is 1.54 bits per heavy atom. The summed E-state index contributed by atoms with van der Waals surface area (Å²) in [5.41, 5.74) is -0.554. The lowest BCUT2D eigenvalue weighted by Gasteiger charge is -2.04. The molecular weight excluding hydrogens is 344 g/mol. The zero-order valence-electron chi connectivity index (χ0n) is 13.0. The second-order valence-electron chi connectivity index (χ2n) is 5.20. The summed E-state index contributed by atoms with van der Waals surface area (Å²) in [5.74, 6) is -5.36. The molecule has 2 aromatic carbocycles. The number of hydrogen-bond donors (Lipinski definition) is 4. The Labute approximate surface area is 146 Å². The normalized spacial score (nSPS) is 10.6. The van der Waals surface area contributed by atoms with Gasteiger partial charge in [-0.05, 0) is 41.5 Å². The first kappa shape index (κ1) is 18.4. The number of benzene rings is 2. The van der Waals surface area contributed by atoms with Crippen LogP contribution in [0.4, 0.5) is 0 Å². The molecule has 0 spiro atoms. The van der Waals surface area contributed by atoms with E-state index in [4.69, 9.17) is 20.4 Å². The minimum Gasteiger partial charge on any atom is -0.478 e. The average molecular weight is 356 g/mol. The van der Waals surface area contributed by atoms with Crippen molar-refractivity contribution in [2.45, 2.75) is 0 Å². The molecule has 0 fully saturated rings. The maximum Gasteiger partial charge on any atom is 0.336 e. The van der Waals surface area contributed by atoms with E-state index < -0.39 is 29.4 Å². The lowest BCUT2D eigenvalue weighted by atomic mass is 10.0. The van der Waals surface area contributed by atoms with Crippen LogP contribution < -0.4 is 0 Å². The number of aromatic carboxylic acids is 4. The van der Waals surface area contributed by atoms with Gasteiger partial charge in [-0.2, -0.15) is 0 Å². The van der Waals surface area contributed by atoms with Crippen LogP contribution in [0.25, 0.3) is 12.2 Å². The number of rotatable bonds is 6. The first-order chi connectivity index (χ1) is 12.2. The van der Waals surface area contributed by atoms with Gasteiger partial charge in [0.25, 0.3) is 0 Å². The number of hydrogen-bond acceptors (Lipinski definition) is 4. The van der Waals surface area contributed by atoms with Crippen LogP contribution in [0.1, 0.15) is 52.6 Å². The molecule has 2 aromatic rings. The molecule has 4 N–H and O–H groups in total. The first-order valence-corrected chi connectivity index (χ1v) is 7.09. The molecule has 0 amide bonds. The predicted molar refractivity (Wildman–Crippen MR) is 89.6 cm³/mol. The van der Waals surface area contributed by atoms with E-state index in [0.29, 0.717) is 5.56 Å². The monoisotopic (exact) mass is 356 g/mol. The van der Waals surface area contributed by atoms with E-state index in [1.807, 2.05) is 0 Å². The molecule has 0 radical (unpaired) electrons. The zero-order chi connectivity index (χ0) is 19.4. The second-order valence-corrected chi connectivity index (χ2v) is 5.20. The van der Waals surface area contributed by atoms with E-state index in [-0.39, 0.29) is 22.3 Å². The van der Waals surface area contributed by atoms with Crippen LogP contribution in [0.3, 0.4) is 0 Å². The fourth-order valence-corrected chi connectivity index (χ4v) is 2.22. The van der Waals surface area contributed by atoms with Gasteiger partial charge < -0.3 is 20.4 Å². The van der Waals surface area contributed by atoms with Crippen LogP contribution in [0.15, 0.2) is 36.4 Å². The molecule has 0 aliphatic rings. The van der Waals surface area contributed by atoms with Gasteiger partial charge in [-0.15, -0.1) is 0 Å². The van der Waals surface area contributed by atoms with Crippen molar-refractivity contribution in [1.29, 1.82) is 0 Å². The summed E-state index contributed by atoms with van der Waals surface area (Å²) in [6.07, 6.45) is 2.82. The summed E-state index contributed by atoms with van der Waals surface area (Å²) in [6.45, 7) is 0. The molecule has 2 rings (SSSR count). The van der Waals surface area contributed by atoms with Crippen LogP contribution in [-0.2, 0) is 0 Å². The summed E-state index contributed by atoms with van der Waals surface area (Å²) < 4.78 is 0. The zero-order valence-corrected chi connectivity index (χ0v) is 13.0. The molecule has 0 aliphatic heterocycles. The van der Waals surface area contributed by atoms with Gasteiger partial charge in [-0.3, -0.25) is 0 Å². The maximum atomic E-state index is 11.2. The van der Waals surface area contributed by atoms with E-state index in [1.165, 1.54) is 30.4 Å². The summed E-state index contributed by atoms with van der Waals surface area (Å²) in [4.78, 5) is 44.4. The molecule has 0 unspecified atom stereocenters. The lowest BCUT2D eigenvalue weighted by Crippen LogP contribution is -2.08. The fourth-order valence-electron chi connectivity index (χ4n) is 2.22. The minimum absolute atomic E-state index is 0.211. The highest BCUT2D eigenvalue weighted by Gasteiger charge is 2.16. The van der Waals surface area contributed by atoms with Crippen molar-refractivity contribution in [2.24, 2.45) is 0 Å². The highest BCUT2D eigenvalue weighted by atomic mass is 16.4. The third-order valence-corrected chi connectivity index (χ3v) is 3.42. The molecule has 0 aromatic heterocycles. The molecule has 26 heavy (non-hydrogen) atoms. The predicted octanol–water partition coefficient (Wildman–Crippen LogP) is 2.65. The van der Waals surface area contributed by atoms with Crippen molar-refractivity contribution in [1.82, 2.24) is 0 Å². The average Bonchev–Trinajstić information content (AvgIpc) is 2.59. The van der Waals surface area contributed by atoms with Gasteiger partial charge in [0.15, 0.2) is 0 Å². The molecule has 132 valence electrons. The molecule has 0 saturated carbocycles. The van der Waals surface area contributed by atoms with Gasteiger partial charge in [0.2, 0.25) is 0 Å². The standard InChI is InChI=1S/C18H12O8/c19-15(20)11-5-10(6-12(8-11)16(21)22)2-1-9-3-4-13(17(23)24)14(7-9)18(25)26/h1-8H,(H,19,20)(H,21,22)(H,23,24)(H,25,26). The van der Waals surface area contributed by atoms with Gasteiger partial charge in [0.05, 0.1) is 22.3 Å². The molecule has 8 heteroatoms. The second kappa shape index (κ2) is 7.31. The number of carbonyl (C=O) groups is 4. The van der Waals surface area contributed by atoms with Crippen molar-refractivity contribution in [3.05, 3.63) is 69.8 Å². The molecular formula is C18H12O8.